The van der Waals surface area contributed by atoms with Crippen molar-refractivity contribution in [3.05, 3.63) is 52.0 Å². The lowest BCUT2D eigenvalue weighted by molar-refractivity contribution is -0.118. The van der Waals surface area contributed by atoms with E-state index in [4.69, 9.17) is 27.9 Å². The zero-order chi connectivity index (χ0) is 21.8. The predicted octanol–water partition coefficient (Wildman–Crippen LogP) is 4.35. The van der Waals surface area contributed by atoms with E-state index < -0.39 is 6.10 Å². The summed E-state index contributed by atoms with van der Waals surface area (Å²) < 4.78 is 5.84. The fraction of sp³-hybridized carbons (Fsp3) is 0.435. The summed E-state index contributed by atoms with van der Waals surface area (Å²) in [6, 6.07) is 11.2. The Balaban J connectivity index is 1.17. The number of amides is 1. The van der Waals surface area contributed by atoms with Gasteiger partial charge in [0.1, 0.15) is 5.75 Å². The van der Waals surface area contributed by atoms with Crippen molar-refractivity contribution < 1.29 is 14.6 Å². The summed E-state index contributed by atoms with van der Waals surface area (Å²) in [6.07, 6.45) is 1.37. The maximum atomic E-state index is 11.6. The SMILES string of the molecule is O=C1CC(O)c2ccc(OCCCCN3CCN(c4cccc(Cl)c4Cl)CC3)cc2N1. The summed E-state index contributed by atoms with van der Waals surface area (Å²) in [7, 11) is 0. The average Bonchev–Trinajstić information content (AvgIpc) is 2.75. The summed E-state index contributed by atoms with van der Waals surface area (Å²) in [4.78, 5) is 16.4. The Hall–Kier alpha value is -1.99. The average molecular weight is 464 g/mol. The van der Waals surface area contributed by atoms with Crippen molar-refractivity contribution in [1.82, 2.24) is 4.90 Å². The maximum absolute atomic E-state index is 11.6. The van der Waals surface area contributed by atoms with Gasteiger partial charge >= 0.3 is 0 Å². The fourth-order valence-electron chi connectivity index (χ4n) is 4.09. The molecule has 0 aromatic heterocycles. The first-order valence-corrected chi connectivity index (χ1v) is 11.4. The van der Waals surface area contributed by atoms with Crippen LogP contribution in [-0.4, -0.2) is 55.2 Å². The molecule has 4 rings (SSSR count). The van der Waals surface area contributed by atoms with Crippen LogP contribution < -0.4 is 15.0 Å². The van der Waals surface area contributed by atoms with Crippen LogP contribution in [0.3, 0.4) is 0 Å². The van der Waals surface area contributed by atoms with Gasteiger partial charge in [0.25, 0.3) is 0 Å². The second kappa shape index (κ2) is 10.1. The molecule has 1 saturated heterocycles. The number of nitrogens with zero attached hydrogens (tertiary/aromatic N) is 2. The molecule has 2 aliphatic rings. The number of halogens is 2. The molecule has 2 heterocycles. The largest absolute Gasteiger partial charge is 0.494 e. The van der Waals surface area contributed by atoms with Gasteiger partial charge in [0.15, 0.2) is 0 Å². The number of ether oxygens (including phenoxy) is 1. The number of nitrogens with one attached hydrogen (secondary N) is 1. The second-order valence-corrected chi connectivity index (χ2v) is 8.76. The van der Waals surface area contributed by atoms with Crippen LogP contribution in [0.25, 0.3) is 0 Å². The number of rotatable bonds is 7. The minimum absolute atomic E-state index is 0.105. The van der Waals surface area contributed by atoms with E-state index in [2.05, 4.69) is 15.1 Å². The Kier molecular flexibility index (Phi) is 7.23. The first kappa shape index (κ1) is 22.2. The zero-order valence-electron chi connectivity index (χ0n) is 17.3. The van der Waals surface area contributed by atoms with Gasteiger partial charge in [-0.25, -0.2) is 0 Å². The number of unbranched alkanes of at least 4 members (excludes halogenated alkanes) is 1. The van der Waals surface area contributed by atoms with E-state index in [0.29, 0.717) is 28.1 Å². The molecule has 6 nitrogen and oxygen atoms in total. The van der Waals surface area contributed by atoms with Crippen LogP contribution in [0.1, 0.15) is 30.9 Å². The highest BCUT2D eigenvalue weighted by atomic mass is 35.5. The Labute approximate surface area is 192 Å². The van der Waals surface area contributed by atoms with Crippen LogP contribution in [0.15, 0.2) is 36.4 Å². The molecule has 166 valence electrons. The van der Waals surface area contributed by atoms with E-state index in [0.717, 1.165) is 56.8 Å². The highest BCUT2D eigenvalue weighted by Gasteiger charge is 2.23. The van der Waals surface area contributed by atoms with Gasteiger partial charge in [-0.1, -0.05) is 35.3 Å². The molecule has 1 atom stereocenters. The third kappa shape index (κ3) is 5.44. The molecule has 0 aliphatic carbocycles. The number of anilines is 2. The van der Waals surface area contributed by atoms with Crippen LogP contribution in [0.5, 0.6) is 5.75 Å². The van der Waals surface area contributed by atoms with Gasteiger partial charge < -0.3 is 20.1 Å². The molecule has 0 saturated carbocycles. The topological polar surface area (TPSA) is 65.0 Å². The molecule has 1 fully saturated rings. The third-order valence-corrected chi connectivity index (χ3v) is 6.63. The second-order valence-electron chi connectivity index (χ2n) is 7.97. The molecule has 0 bridgehead atoms. The molecule has 0 spiro atoms. The Morgan fingerprint density at radius 2 is 1.90 bits per heavy atom. The molecular formula is C23H27Cl2N3O3. The number of aliphatic hydroxyl groups is 1. The van der Waals surface area contributed by atoms with E-state index in [9.17, 15) is 9.90 Å². The standard InChI is InChI=1S/C23H27Cl2N3O3/c24-18-4-3-5-20(23(18)25)28-11-9-27(10-12-28)8-1-2-13-31-16-6-7-17-19(14-16)26-22(30)15-21(17)29/h3-7,14,21,29H,1-2,8-13,15H2,(H,26,30). The summed E-state index contributed by atoms with van der Waals surface area (Å²) >= 11 is 12.5. The quantitative estimate of drug-likeness (QED) is 0.597. The van der Waals surface area contributed by atoms with E-state index in [1.807, 2.05) is 30.3 Å². The first-order chi connectivity index (χ1) is 15.0. The first-order valence-electron chi connectivity index (χ1n) is 10.7. The van der Waals surface area contributed by atoms with Gasteiger partial charge in [-0.2, -0.15) is 0 Å². The Morgan fingerprint density at radius 3 is 2.71 bits per heavy atom. The fourth-order valence-corrected chi connectivity index (χ4v) is 4.50. The molecule has 2 aromatic rings. The monoisotopic (exact) mass is 463 g/mol. The molecule has 2 aliphatic heterocycles. The molecule has 2 aromatic carbocycles. The van der Waals surface area contributed by atoms with Gasteiger partial charge in [0.05, 0.1) is 40.6 Å². The lowest BCUT2D eigenvalue weighted by Gasteiger charge is -2.36. The number of carbonyl (C=O) groups is 1. The summed E-state index contributed by atoms with van der Waals surface area (Å²) in [6.45, 7) is 5.51. The smallest absolute Gasteiger partial charge is 0.227 e. The molecule has 0 radical (unpaired) electrons. The van der Waals surface area contributed by atoms with Crippen molar-refractivity contribution in [3.8, 4) is 5.75 Å². The van der Waals surface area contributed by atoms with Crippen LogP contribution in [-0.2, 0) is 4.79 Å². The third-order valence-electron chi connectivity index (χ3n) is 5.82. The summed E-state index contributed by atoms with van der Waals surface area (Å²) in [5.74, 6) is 0.537. The van der Waals surface area contributed by atoms with Gasteiger partial charge in [-0.05, 0) is 37.6 Å². The zero-order valence-corrected chi connectivity index (χ0v) is 18.8. The maximum Gasteiger partial charge on any atom is 0.227 e. The number of fused-ring (bicyclic) bond motifs is 1. The molecule has 1 amide bonds. The van der Waals surface area contributed by atoms with Crippen LogP contribution in [0.4, 0.5) is 11.4 Å². The number of piperazine rings is 1. The van der Waals surface area contributed by atoms with Crippen LogP contribution in [0.2, 0.25) is 10.0 Å². The number of carbonyl (C=O) groups excluding carboxylic acids is 1. The van der Waals surface area contributed by atoms with E-state index in [-0.39, 0.29) is 12.3 Å². The minimum Gasteiger partial charge on any atom is -0.494 e. The van der Waals surface area contributed by atoms with Gasteiger partial charge in [0.2, 0.25) is 5.91 Å². The van der Waals surface area contributed by atoms with E-state index in [1.165, 1.54) is 0 Å². The summed E-state index contributed by atoms with van der Waals surface area (Å²) in [5, 5.41) is 14.0. The van der Waals surface area contributed by atoms with Gasteiger partial charge in [-0.3, -0.25) is 9.69 Å². The van der Waals surface area contributed by atoms with E-state index >= 15 is 0 Å². The minimum atomic E-state index is -0.742. The van der Waals surface area contributed by atoms with Crippen molar-refractivity contribution in [2.75, 3.05) is 49.5 Å². The normalized spacial score (nSPS) is 19.1. The summed E-state index contributed by atoms with van der Waals surface area (Å²) in [5.41, 5.74) is 2.39. The van der Waals surface area contributed by atoms with Gasteiger partial charge in [0, 0.05) is 37.8 Å². The Bertz CT molecular complexity index is 932. The lowest BCUT2D eigenvalue weighted by Crippen LogP contribution is -2.46. The molecule has 2 N–H and O–H groups in total. The molecular weight excluding hydrogens is 437 g/mol. The lowest BCUT2D eigenvalue weighted by atomic mass is 10.00. The highest BCUT2D eigenvalue weighted by molar-refractivity contribution is 6.43. The van der Waals surface area contributed by atoms with Crippen molar-refractivity contribution in [2.24, 2.45) is 0 Å². The molecule has 31 heavy (non-hydrogen) atoms. The van der Waals surface area contributed by atoms with Crippen molar-refractivity contribution in [2.45, 2.75) is 25.4 Å². The highest BCUT2D eigenvalue weighted by Crippen LogP contribution is 2.34. The molecule has 8 heteroatoms. The Morgan fingerprint density at radius 1 is 1.10 bits per heavy atom. The van der Waals surface area contributed by atoms with Crippen LogP contribution >= 0.6 is 23.2 Å². The molecule has 1 unspecified atom stereocenters. The van der Waals surface area contributed by atoms with E-state index in [1.54, 1.807) is 6.07 Å². The van der Waals surface area contributed by atoms with Crippen LogP contribution in [0, 0.1) is 0 Å². The number of hydrogen-bond acceptors (Lipinski definition) is 5. The number of aliphatic hydroxyl groups excluding tert-OH is 1. The number of hydrogen-bond donors (Lipinski definition) is 2. The van der Waals surface area contributed by atoms with Crippen molar-refractivity contribution in [1.29, 1.82) is 0 Å². The predicted molar refractivity (Wildman–Crippen MR) is 124 cm³/mol. The number of benzene rings is 2. The van der Waals surface area contributed by atoms with Gasteiger partial charge in [-0.15, -0.1) is 0 Å². The van der Waals surface area contributed by atoms with Crippen molar-refractivity contribution in [3.63, 3.8) is 0 Å². The van der Waals surface area contributed by atoms with Crippen molar-refractivity contribution >= 4 is 40.5 Å².